The Labute approximate surface area is 455 Å². The summed E-state index contributed by atoms with van der Waals surface area (Å²) < 4.78 is 23.7. The molecule has 0 aromatic rings. The van der Waals surface area contributed by atoms with Gasteiger partial charge >= 0.3 is 7.82 Å². The van der Waals surface area contributed by atoms with Gasteiger partial charge in [-0.05, 0) is 51.4 Å². The Hall–Kier alpha value is -1.28. The number of nitrogens with zero attached hydrogens (tertiary/aromatic N) is 1. The summed E-state index contributed by atoms with van der Waals surface area (Å²) in [6, 6.07) is -0.843. The zero-order valence-electron chi connectivity index (χ0n) is 49.4. The zero-order valence-corrected chi connectivity index (χ0v) is 50.3. The minimum atomic E-state index is -4.34. The summed E-state index contributed by atoms with van der Waals surface area (Å²) >= 11 is 0. The summed E-state index contributed by atoms with van der Waals surface area (Å²) in [6.45, 7) is 4.84. The quantitative estimate of drug-likeness (QED) is 0.0243. The molecule has 1 amide bonds. The number of unbranched alkanes of at least 4 members (excludes halogenated alkanes) is 42. The van der Waals surface area contributed by atoms with Gasteiger partial charge in [-0.25, -0.2) is 4.57 Å². The first-order valence-corrected chi connectivity index (χ1v) is 33.4. The highest BCUT2D eigenvalue weighted by Gasteiger charge is 2.28. The van der Waals surface area contributed by atoms with Crippen LogP contribution in [0.3, 0.4) is 0 Å². The van der Waals surface area contributed by atoms with Crippen LogP contribution in [0.1, 0.15) is 316 Å². The Bertz CT molecular complexity index is 1280. The predicted octanol–water partition coefficient (Wildman–Crippen LogP) is 19.7. The summed E-state index contributed by atoms with van der Waals surface area (Å²) in [4.78, 5) is 23.3. The summed E-state index contributed by atoms with van der Waals surface area (Å²) in [7, 11) is 1.59. The third-order valence-electron chi connectivity index (χ3n) is 14.6. The van der Waals surface area contributed by atoms with Gasteiger partial charge in [-0.3, -0.25) is 13.8 Å². The first-order chi connectivity index (χ1) is 35.5. The van der Waals surface area contributed by atoms with Crippen LogP contribution >= 0.6 is 7.82 Å². The van der Waals surface area contributed by atoms with E-state index in [2.05, 4.69) is 43.5 Å². The van der Waals surface area contributed by atoms with Crippen LogP contribution < -0.4 is 5.32 Å². The number of nitrogens with one attached hydrogen (secondary N) is 1. The number of rotatable bonds is 59. The summed E-state index contributed by atoms with van der Waals surface area (Å²) in [5, 5.41) is 13.9. The molecule has 0 saturated carbocycles. The van der Waals surface area contributed by atoms with Crippen LogP contribution in [0, 0.1) is 0 Å². The molecule has 0 fully saturated rings. The van der Waals surface area contributed by atoms with Crippen molar-refractivity contribution in [1.29, 1.82) is 0 Å². The summed E-state index contributed by atoms with van der Waals surface area (Å²) in [5.41, 5.74) is 0. The maximum Gasteiger partial charge on any atom is 0.472 e. The molecule has 0 aliphatic carbocycles. The smallest absolute Gasteiger partial charge is 0.387 e. The van der Waals surface area contributed by atoms with Crippen LogP contribution in [0.5, 0.6) is 0 Å². The Morgan fingerprint density at radius 2 is 0.781 bits per heavy atom. The highest BCUT2D eigenvalue weighted by molar-refractivity contribution is 7.47. The fourth-order valence-electron chi connectivity index (χ4n) is 9.61. The van der Waals surface area contributed by atoms with Crippen LogP contribution in [0.4, 0.5) is 0 Å². The van der Waals surface area contributed by atoms with Crippen molar-refractivity contribution < 1.29 is 32.9 Å². The summed E-state index contributed by atoms with van der Waals surface area (Å²) in [6.07, 6.45) is 72.8. The molecule has 0 aromatic heterocycles. The molecule has 3 N–H and O–H groups in total. The third-order valence-corrected chi connectivity index (χ3v) is 15.6. The molecule has 0 radical (unpaired) electrons. The Kier molecular flexibility index (Phi) is 54.5. The minimum Gasteiger partial charge on any atom is -0.387 e. The molecular weight excluding hydrogens is 924 g/mol. The number of hydrogen-bond acceptors (Lipinski definition) is 5. The normalized spacial score (nSPS) is 14.0. The van der Waals surface area contributed by atoms with E-state index in [0.29, 0.717) is 17.4 Å². The molecule has 0 spiro atoms. The number of likely N-dealkylation sites (N-methyl/N-ethyl adjacent to an activating group) is 1. The van der Waals surface area contributed by atoms with E-state index < -0.39 is 20.0 Å². The van der Waals surface area contributed by atoms with Gasteiger partial charge in [-0.1, -0.05) is 294 Å². The molecule has 0 heterocycles. The van der Waals surface area contributed by atoms with Crippen molar-refractivity contribution >= 4 is 13.7 Å². The van der Waals surface area contributed by atoms with Crippen molar-refractivity contribution in [3.05, 3.63) is 36.5 Å². The van der Waals surface area contributed by atoms with E-state index in [1.54, 1.807) is 6.08 Å². The lowest BCUT2D eigenvalue weighted by molar-refractivity contribution is -0.870. The van der Waals surface area contributed by atoms with Crippen molar-refractivity contribution in [3.8, 4) is 0 Å². The molecule has 8 nitrogen and oxygen atoms in total. The van der Waals surface area contributed by atoms with Crippen LogP contribution in [-0.2, 0) is 18.4 Å². The molecule has 73 heavy (non-hydrogen) atoms. The average molecular weight is 1050 g/mol. The molecule has 432 valence electrons. The van der Waals surface area contributed by atoms with E-state index in [0.717, 1.165) is 44.9 Å². The van der Waals surface area contributed by atoms with E-state index in [-0.39, 0.29) is 19.1 Å². The fraction of sp³-hybridized carbons (Fsp3) is 0.891. The maximum atomic E-state index is 13.0. The largest absolute Gasteiger partial charge is 0.472 e. The van der Waals surface area contributed by atoms with Crippen molar-refractivity contribution in [3.63, 3.8) is 0 Å². The van der Waals surface area contributed by atoms with Gasteiger partial charge in [0, 0.05) is 6.42 Å². The number of aliphatic hydroxyl groups excluding tert-OH is 1. The van der Waals surface area contributed by atoms with E-state index in [1.165, 1.54) is 250 Å². The molecule has 0 saturated heterocycles. The molecule has 0 bridgehead atoms. The van der Waals surface area contributed by atoms with Gasteiger partial charge in [0.25, 0.3) is 0 Å². The number of amides is 1. The molecule has 0 aromatic carbocycles. The number of hydrogen-bond donors (Lipinski definition) is 3. The molecular formula is C64H126N2O6P+. The third kappa shape index (κ3) is 58.2. The molecule has 0 aliphatic heterocycles. The SMILES string of the molecule is CCCCCCC/C=C\C/C=C\CCCCCCCCCCCCCCCCCCCCCCCCCCCC(=O)NC(COP(=O)(O)OCC[N+](C)(C)C)C(O)/C=C/CCCCCCCCCCCCCC. The lowest BCUT2D eigenvalue weighted by Crippen LogP contribution is -2.45. The molecule has 9 heteroatoms. The highest BCUT2D eigenvalue weighted by atomic mass is 31.2. The van der Waals surface area contributed by atoms with Gasteiger partial charge in [-0.15, -0.1) is 0 Å². The van der Waals surface area contributed by atoms with Gasteiger partial charge in [-0.2, -0.15) is 0 Å². The molecule has 0 rings (SSSR count). The second-order valence-corrected chi connectivity index (χ2v) is 24.6. The van der Waals surface area contributed by atoms with Crippen LogP contribution in [0.15, 0.2) is 36.5 Å². The topological polar surface area (TPSA) is 105 Å². The first kappa shape index (κ1) is 71.7. The number of carbonyl (C=O) groups is 1. The van der Waals surface area contributed by atoms with E-state index >= 15 is 0 Å². The fourth-order valence-corrected chi connectivity index (χ4v) is 10.3. The number of phosphoric acid groups is 1. The van der Waals surface area contributed by atoms with Gasteiger partial charge < -0.3 is 19.8 Å². The van der Waals surface area contributed by atoms with Gasteiger partial charge in [0.2, 0.25) is 5.91 Å². The highest BCUT2D eigenvalue weighted by Crippen LogP contribution is 2.43. The minimum absolute atomic E-state index is 0.0637. The Morgan fingerprint density at radius 1 is 0.466 bits per heavy atom. The van der Waals surface area contributed by atoms with Crippen molar-refractivity contribution in [2.75, 3.05) is 40.9 Å². The average Bonchev–Trinajstić information content (AvgIpc) is 3.35. The number of carbonyl (C=O) groups excluding carboxylic acids is 1. The van der Waals surface area contributed by atoms with Crippen LogP contribution in [0.25, 0.3) is 0 Å². The van der Waals surface area contributed by atoms with E-state index in [9.17, 15) is 19.4 Å². The van der Waals surface area contributed by atoms with E-state index in [4.69, 9.17) is 9.05 Å². The van der Waals surface area contributed by atoms with Gasteiger partial charge in [0.05, 0.1) is 39.9 Å². The second kappa shape index (κ2) is 55.5. The van der Waals surface area contributed by atoms with Crippen molar-refractivity contribution in [1.82, 2.24) is 5.32 Å². The van der Waals surface area contributed by atoms with Crippen LogP contribution in [-0.4, -0.2) is 73.4 Å². The molecule has 3 atom stereocenters. The number of phosphoric ester groups is 1. The Balaban J connectivity index is 3.91. The van der Waals surface area contributed by atoms with Crippen LogP contribution in [0.2, 0.25) is 0 Å². The second-order valence-electron chi connectivity index (χ2n) is 23.1. The number of aliphatic hydroxyl groups is 1. The Morgan fingerprint density at radius 3 is 1.12 bits per heavy atom. The van der Waals surface area contributed by atoms with Gasteiger partial charge in [0.1, 0.15) is 13.2 Å². The van der Waals surface area contributed by atoms with Gasteiger partial charge in [0.15, 0.2) is 0 Å². The number of allylic oxidation sites excluding steroid dienone is 5. The first-order valence-electron chi connectivity index (χ1n) is 31.9. The standard InChI is InChI=1S/C64H125N2O6P/c1-6-8-10-12-14-16-18-20-22-23-24-25-26-27-28-29-30-31-32-33-34-35-36-37-38-39-40-41-42-43-44-46-48-50-52-54-56-58-64(68)65-62(61-72-73(69,70)71-60-59-66(3,4)5)63(67)57-55-53-51-49-47-45-21-19-17-15-13-11-9-7-2/h18,20,23-24,55,57,62-63,67H,6-17,19,21-22,25-54,56,58-61H2,1-5H3,(H-,65,68,69,70)/p+1/b20-18-,24-23-,57-55+. The molecule has 0 aliphatic rings. The monoisotopic (exact) mass is 1050 g/mol. The lowest BCUT2D eigenvalue weighted by atomic mass is 10.0. The van der Waals surface area contributed by atoms with Crippen molar-refractivity contribution in [2.45, 2.75) is 328 Å². The maximum absolute atomic E-state index is 13.0. The lowest BCUT2D eigenvalue weighted by Gasteiger charge is -2.25. The molecule has 3 unspecified atom stereocenters. The zero-order chi connectivity index (χ0) is 53.5. The number of quaternary nitrogens is 1. The summed E-state index contributed by atoms with van der Waals surface area (Å²) in [5.74, 6) is -0.172. The van der Waals surface area contributed by atoms with Crippen molar-refractivity contribution in [2.24, 2.45) is 0 Å². The van der Waals surface area contributed by atoms with E-state index in [1.807, 2.05) is 27.2 Å². The predicted molar refractivity (Wildman–Crippen MR) is 318 cm³/mol.